The first-order valence-corrected chi connectivity index (χ1v) is 7.94. The lowest BCUT2D eigenvalue weighted by Gasteiger charge is -2.26. The summed E-state index contributed by atoms with van der Waals surface area (Å²) in [5.74, 6) is 0. The van der Waals surface area contributed by atoms with Crippen molar-refractivity contribution < 1.29 is 13.3 Å². The van der Waals surface area contributed by atoms with Crippen molar-refractivity contribution in [1.29, 1.82) is 0 Å². The molecule has 0 aliphatic heterocycles. The van der Waals surface area contributed by atoms with Gasteiger partial charge in [0, 0.05) is 46.0 Å². The number of nitrogens with one attached hydrogen (secondary N) is 1. The molecule has 0 heterocycles. The molecule has 6 nitrogen and oxygen atoms in total. The zero-order valence-corrected chi connectivity index (χ0v) is 12.2. The van der Waals surface area contributed by atoms with Crippen LogP contribution in [0.1, 0.15) is 13.3 Å². The average molecular weight is 265 g/mol. The topological polar surface area (TPSA) is 91.8 Å². The molecular weight excluding hydrogens is 238 g/mol. The van der Waals surface area contributed by atoms with Crippen molar-refractivity contribution in [2.75, 3.05) is 40.5 Å². The molecular formula is C10H27N3O3Si. The van der Waals surface area contributed by atoms with E-state index in [1.54, 1.807) is 14.2 Å². The van der Waals surface area contributed by atoms with Gasteiger partial charge in [0.15, 0.2) is 0 Å². The number of hydrogen-bond donors (Lipinski definition) is 3. The zero-order chi connectivity index (χ0) is 13.1. The van der Waals surface area contributed by atoms with Crippen LogP contribution in [0.5, 0.6) is 0 Å². The van der Waals surface area contributed by atoms with E-state index in [4.69, 9.17) is 24.7 Å². The second kappa shape index (κ2) is 9.95. The Labute approximate surface area is 105 Å². The van der Waals surface area contributed by atoms with Crippen molar-refractivity contribution in [2.45, 2.75) is 25.4 Å². The zero-order valence-electron chi connectivity index (χ0n) is 11.2. The Morgan fingerprint density at radius 2 is 1.88 bits per heavy atom. The quantitative estimate of drug-likeness (QED) is 0.345. The Balaban J connectivity index is 3.97. The smallest absolute Gasteiger partial charge is 0.377 e. The fourth-order valence-corrected chi connectivity index (χ4v) is 3.21. The minimum Gasteiger partial charge on any atom is -0.377 e. The van der Waals surface area contributed by atoms with Crippen molar-refractivity contribution in [3.8, 4) is 0 Å². The molecule has 0 saturated carbocycles. The fourth-order valence-electron chi connectivity index (χ4n) is 1.35. The Morgan fingerprint density at radius 3 is 2.35 bits per heavy atom. The van der Waals surface area contributed by atoms with Gasteiger partial charge in [-0.1, -0.05) is 0 Å². The molecule has 0 aliphatic rings. The van der Waals surface area contributed by atoms with Crippen molar-refractivity contribution in [2.24, 2.45) is 11.5 Å². The number of hydrogen-bond acceptors (Lipinski definition) is 6. The van der Waals surface area contributed by atoms with Crippen LogP contribution in [0.15, 0.2) is 0 Å². The van der Waals surface area contributed by atoms with E-state index in [0.717, 1.165) is 25.6 Å². The Bertz CT molecular complexity index is 180. The van der Waals surface area contributed by atoms with Gasteiger partial charge in [0.1, 0.15) is 0 Å². The Morgan fingerprint density at radius 1 is 1.24 bits per heavy atom. The Hall–Kier alpha value is -0.0231. The molecule has 0 saturated heterocycles. The third-order valence-corrected chi connectivity index (χ3v) is 5.20. The van der Waals surface area contributed by atoms with Crippen molar-refractivity contribution >= 4 is 8.80 Å². The molecule has 0 amide bonds. The lowest BCUT2D eigenvalue weighted by atomic mass is 10.3. The van der Waals surface area contributed by atoms with E-state index < -0.39 is 8.80 Å². The summed E-state index contributed by atoms with van der Waals surface area (Å²) >= 11 is 0. The summed E-state index contributed by atoms with van der Waals surface area (Å²) in [7, 11) is 0.740. The van der Waals surface area contributed by atoms with E-state index in [1.165, 1.54) is 0 Å². The van der Waals surface area contributed by atoms with E-state index in [9.17, 15) is 0 Å². The second-order valence-corrected chi connectivity index (χ2v) is 6.97. The highest BCUT2D eigenvalue weighted by Crippen LogP contribution is 2.13. The van der Waals surface area contributed by atoms with E-state index in [1.807, 2.05) is 6.92 Å². The Kier molecular flexibility index (Phi) is 9.94. The lowest BCUT2D eigenvalue weighted by Crippen LogP contribution is -2.47. The van der Waals surface area contributed by atoms with Crippen LogP contribution >= 0.6 is 0 Å². The molecule has 1 atom stereocenters. The van der Waals surface area contributed by atoms with Gasteiger partial charge in [0.25, 0.3) is 0 Å². The maximum Gasteiger partial charge on any atom is 0.501 e. The van der Waals surface area contributed by atoms with E-state index in [0.29, 0.717) is 13.2 Å². The van der Waals surface area contributed by atoms with Gasteiger partial charge in [0.2, 0.25) is 0 Å². The maximum atomic E-state index is 5.76. The lowest BCUT2D eigenvalue weighted by molar-refractivity contribution is 0.0957. The van der Waals surface area contributed by atoms with Crippen LogP contribution in [0.25, 0.3) is 0 Å². The van der Waals surface area contributed by atoms with Crippen molar-refractivity contribution in [1.82, 2.24) is 5.32 Å². The van der Waals surface area contributed by atoms with Gasteiger partial charge in [0.05, 0.1) is 0 Å². The summed E-state index contributed by atoms with van der Waals surface area (Å²) in [5.41, 5.74) is 11.1. The molecule has 5 N–H and O–H groups in total. The van der Waals surface area contributed by atoms with Crippen molar-refractivity contribution in [3.63, 3.8) is 0 Å². The van der Waals surface area contributed by atoms with Crippen LogP contribution in [0.3, 0.4) is 0 Å². The molecule has 0 aromatic heterocycles. The molecule has 0 aliphatic carbocycles. The molecule has 0 radical (unpaired) electrons. The highest BCUT2D eigenvalue weighted by molar-refractivity contribution is 6.60. The summed E-state index contributed by atoms with van der Waals surface area (Å²) < 4.78 is 16.6. The molecule has 0 fully saturated rings. The molecule has 7 heteroatoms. The SMILES string of the molecule is CO[Si](CCNCCN)(OC)OCCC(C)N. The molecule has 0 aromatic rings. The summed E-state index contributed by atoms with van der Waals surface area (Å²) in [4.78, 5) is 0. The highest BCUT2D eigenvalue weighted by atomic mass is 28.4. The predicted octanol–water partition coefficient (Wildman–Crippen LogP) is -0.480. The molecule has 0 aromatic carbocycles. The first-order chi connectivity index (χ1) is 8.10. The predicted molar refractivity (Wildman–Crippen MR) is 70.7 cm³/mol. The van der Waals surface area contributed by atoms with Gasteiger partial charge >= 0.3 is 8.80 Å². The summed E-state index contributed by atoms with van der Waals surface area (Å²) in [5, 5.41) is 3.20. The number of rotatable bonds is 11. The molecule has 104 valence electrons. The van der Waals surface area contributed by atoms with Crippen LogP contribution in [-0.4, -0.2) is 55.3 Å². The van der Waals surface area contributed by atoms with Crippen LogP contribution in [0.2, 0.25) is 6.04 Å². The molecule has 0 bridgehead atoms. The van der Waals surface area contributed by atoms with Crippen LogP contribution in [0.4, 0.5) is 0 Å². The molecule has 0 spiro atoms. The fraction of sp³-hybridized carbons (Fsp3) is 1.00. The third-order valence-electron chi connectivity index (χ3n) is 2.45. The minimum absolute atomic E-state index is 0.130. The maximum absolute atomic E-state index is 5.76. The van der Waals surface area contributed by atoms with Gasteiger partial charge in [-0.3, -0.25) is 0 Å². The van der Waals surface area contributed by atoms with Crippen LogP contribution in [0, 0.1) is 0 Å². The first-order valence-electron chi connectivity index (χ1n) is 6.01. The normalized spacial score (nSPS) is 13.9. The summed E-state index contributed by atoms with van der Waals surface area (Å²) in [6, 6.07) is 0.865. The molecule has 0 rings (SSSR count). The minimum atomic E-state index is -2.52. The van der Waals surface area contributed by atoms with E-state index in [-0.39, 0.29) is 6.04 Å². The van der Waals surface area contributed by atoms with Crippen molar-refractivity contribution in [3.05, 3.63) is 0 Å². The van der Waals surface area contributed by atoms with Gasteiger partial charge in [-0.15, -0.1) is 0 Å². The van der Waals surface area contributed by atoms with E-state index in [2.05, 4.69) is 5.32 Å². The monoisotopic (exact) mass is 265 g/mol. The van der Waals surface area contributed by atoms with Gasteiger partial charge in [-0.2, -0.15) is 0 Å². The third kappa shape index (κ3) is 7.82. The average Bonchev–Trinajstić information content (AvgIpc) is 2.32. The van der Waals surface area contributed by atoms with Gasteiger partial charge in [-0.05, 0) is 19.9 Å². The molecule has 17 heavy (non-hydrogen) atoms. The number of nitrogens with two attached hydrogens (primary N) is 2. The molecule has 1 unspecified atom stereocenters. The summed E-state index contributed by atoms with van der Waals surface area (Å²) in [6.45, 7) is 4.72. The first kappa shape index (κ1) is 17.0. The second-order valence-electron chi connectivity index (χ2n) is 3.99. The highest BCUT2D eigenvalue weighted by Gasteiger charge is 2.38. The van der Waals surface area contributed by atoms with Gasteiger partial charge < -0.3 is 30.1 Å². The summed E-state index contributed by atoms with van der Waals surface area (Å²) in [6.07, 6.45) is 0.803. The van der Waals surface area contributed by atoms with Crippen LogP contribution < -0.4 is 16.8 Å². The standard InChI is InChI=1S/C10H27N3O3Si/c1-10(12)4-8-16-17(14-2,15-3)9-7-13-6-5-11/h10,13H,4-9,11-12H2,1-3H3. The van der Waals surface area contributed by atoms with E-state index >= 15 is 0 Å². The van der Waals surface area contributed by atoms with Gasteiger partial charge in [-0.25, -0.2) is 0 Å². The van der Waals surface area contributed by atoms with Crippen LogP contribution in [-0.2, 0) is 13.3 Å². The largest absolute Gasteiger partial charge is 0.501 e.